The molecule has 0 aliphatic heterocycles. The van der Waals surface area contributed by atoms with Crippen LogP contribution in [-0.2, 0) is 11.3 Å². The van der Waals surface area contributed by atoms with E-state index in [1.807, 2.05) is 18.9 Å². The Hall–Kier alpha value is -1.79. The van der Waals surface area contributed by atoms with Gasteiger partial charge in [-0.25, -0.2) is 0 Å². The minimum atomic E-state index is -0.266. The van der Waals surface area contributed by atoms with Gasteiger partial charge in [-0.2, -0.15) is 0 Å². The molecule has 0 saturated heterocycles. The summed E-state index contributed by atoms with van der Waals surface area (Å²) in [4.78, 5) is 15.4. The highest BCUT2D eigenvalue weighted by Gasteiger charge is 2.19. The van der Waals surface area contributed by atoms with Crippen molar-refractivity contribution in [2.45, 2.75) is 31.3 Å². The lowest BCUT2D eigenvalue weighted by atomic mass is 10.2. The number of aryl methyl sites for hydroxylation is 1. The molecule has 22 heavy (non-hydrogen) atoms. The Kier molecular flexibility index (Phi) is 5.63. The van der Waals surface area contributed by atoms with Crippen LogP contribution < -0.4 is 5.32 Å². The molecule has 6 heteroatoms. The number of benzene rings is 1. The van der Waals surface area contributed by atoms with Gasteiger partial charge in [0.2, 0.25) is 5.91 Å². The van der Waals surface area contributed by atoms with Crippen molar-refractivity contribution in [1.29, 1.82) is 0 Å². The summed E-state index contributed by atoms with van der Waals surface area (Å²) in [6.07, 6.45) is 2.05. The minimum absolute atomic E-state index is 0.100. The zero-order valence-corrected chi connectivity index (χ0v) is 14.1. The van der Waals surface area contributed by atoms with Crippen LogP contribution in [0.4, 0.5) is 5.82 Å². The molecule has 1 N–H and O–H groups in total. The molecule has 1 amide bonds. The molecule has 1 heterocycles. The van der Waals surface area contributed by atoms with Crippen LogP contribution in [0.3, 0.4) is 0 Å². The lowest BCUT2D eigenvalue weighted by molar-refractivity contribution is -0.120. The third-order valence-electron chi connectivity index (χ3n) is 3.51. The van der Waals surface area contributed by atoms with E-state index >= 15 is 0 Å². The Balaban J connectivity index is 1.92. The van der Waals surface area contributed by atoms with Gasteiger partial charge in [-0.1, -0.05) is 17.3 Å². The first-order chi connectivity index (χ1) is 10.5. The van der Waals surface area contributed by atoms with E-state index in [9.17, 15) is 4.79 Å². The van der Waals surface area contributed by atoms with Crippen molar-refractivity contribution in [3.8, 4) is 0 Å². The van der Waals surface area contributed by atoms with Crippen molar-refractivity contribution in [1.82, 2.24) is 10.1 Å². The summed E-state index contributed by atoms with van der Waals surface area (Å²) in [7, 11) is 1.93. The van der Waals surface area contributed by atoms with Crippen LogP contribution in [0.25, 0.3) is 0 Å². The average Bonchev–Trinajstić information content (AvgIpc) is 2.92. The zero-order chi connectivity index (χ0) is 16.1. The molecule has 2 rings (SSSR count). The number of likely N-dealkylation sites (N-methyl/N-ethyl adjacent to an activating group) is 1. The SMILES string of the molecule is CSc1ccc(CN(C)[C@H](C)C(=O)Nc2cc(C)on2)cc1. The highest BCUT2D eigenvalue weighted by Crippen LogP contribution is 2.16. The lowest BCUT2D eigenvalue weighted by Crippen LogP contribution is -2.39. The number of rotatable bonds is 6. The summed E-state index contributed by atoms with van der Waals surface area (Å²) in [5.74, 6) is 1.02. The number of nitrogens with one attached hydrogen (secondary N) is 1. The number of thioether (sulfide) groups is 1. The van der Waals surface area contributed by atoms with Gasteiger partial charge in [0.05, 0.1) is 6.04 Å². The Labute approximate surface area is 135 Å². The number of hydrogen-bond acceptors (Lipinski definition) is 5. The van der Waals surface area contributed by atoms with E-state index in [2.05, 4.69) is 41.0 Å². The van der Waals surface area contributed by atoms with Crippen LogP contribution >= 0.6 is 11.8 Å². The first kappa shape index (κ1) is 16.6. The molecule has 0 radical (unpaired) electrons. The predicted molar refractivity (Wildman–Crippen MR) is 89.0 cm³/mol. The number of hydrogen-bond donors (Lipinski definition) is 1. The first-order valence-electron chi connectivity index (χ1n) is 7.07. The van der Waals surface area contributed by atoms with Crippen molar-refractivity contribution in [2.75, 3.05) is 18.6 Å². The molecule has 1 aromatic heterocycles. The van der Waals surface area contributed by atoms with E-state index in [0.717, 1.165) is 0 Å². The predicted octanol–water partition coefficient (Wildman–Crippen LogP) is 3.16. The smallest absolute Gasteiger partial charge is 0.242 e. The number of aromatic nitrogens is 1. The van der Waals surface area contributed by atoms with Crippen LogP contribution in [-0.4, -0.2) is 35.3 Å². The number of anilines is 1. The molecule has 5 nitrogen and oxygen atoms in total. The van der Waals surface area contributed by atoms with Crippen molar-refractivity contribution >= 4 is 23.5 Å². The molecule has 0 unspecified atom stereocenters. The highest BCUT2D eigenvalue weighted by atomic mass is 32.2. The van der Waals surface area contributed by atoms with Gasteiger partial charge in [-0.3, -0.25) is 9.69 Å². The highest BCUT2D eigenvalue weighted by molar-refractivity contribution is 7.98. The molecule has 0 aliphatic rings. The monoisotopic (exact) mass is 319 g/mol. The second kappa shape index (κ2) is 7.47. The van der Waals surface area contributed by atoms with Crippen LogP contribution in [0.5, 0.6) is 0 Å². The summed E-state index contributed by atoms with van der Waals surface area (Å²) < 4.78 is 4.94. The van der Waals surface area contributed by atoms with E-state index in [-0.39, 0.29) is 11.9 Å². The second-order valence-corrected chi connectivity index (χ2v) is 6.13. The number of carbonyl (C=O) groups is 1. The Morgan fingerprint density at radius 1 is 1.41 bits per heavy atom. The second-order valence-electron chi connectivity index (χ2n) is 5.25. The third kappa shape index (κ3) is 4.35. The first-order valence-corrected chi connectivity index (χ1v) is 8.29. The van der Waals surface area contributed by atoms with Gasteiger partial charge in [0.25, 0.3) is 0 Å². The molecular formula is C16H21N3O2S. The summed E-state index contributed by atoms with van der Waals surface area (Å²) in [6.45, 7) is 4.37. The fourth-order valence-corrected chi connectivity index (χ4v) is 2.42. The molecule has 0 bridgehead atoms. The van der Waals surface area contributed by atoms with Crippen molar-refractivity contribution in [2.24, 2.45) is 0 Å². The number of amides is 1. The maximum Gasteiger partial charge on any atom is 0.242 e. The van der Waals surface area contributed by atoms with Crippen LogP contribution in [0, 0.1) is 6.92 Å². The van der Waals surface area contributed by atoms with Crippen molar-refractivity contribution in [3.63, 3.8) is 0 Å². The van der Waals surface area contributed by atoms with Gasteiger partial charge in [-0.15, -0.1) is 11.8 Å². The minimum Gasteiger partial charge on any atom is -0.360 e. The largest absolute Gasteiger partial charge is 0.360 e. The maximum absolute atomic E-state index is 12.2. The van der Waals surface area contributed by atoms with Gasteiger partial charge in [-0.05, 0) is 44.8 Å². The maximum atomic E-state index is 12.2. The summed E-state index contributed by atoms with van der Waals surface area (Å²) in [5.41, 5.74) is 1.18. The fourth-order valence-electron chi connectivity index (χ4n) is 2.01. The summed E-state index contributed by atoms with van der Waals surface area (Å²) in [5, 5.41) is 6.53. The molecule has 0 saturated carbocycles. The summed E-state index contributed by atoms with van der Waals surface area (Å²) in [6, 6.07) is 9.80. The van der Waals surface area contributed by atoms with Gasteiger partial charge < -0.3 is 9.84 Å². The van der Waals surface area contributed by atoms with Crippen molar-refractivity contribution in [3.05, 3.63) is 41.7 Å². The Morgan fingerprint density at radius 2 is 2.09 bits per heavy atom. The van der Waals surface area contributed by atoms with E-state index in [1.165, 1.54) is 10.5 Å². The standard InChI is InChI=1S/C16H21N3O2S/c1-11-9-15(18-21-11)17-16(20)12(2)19(3)10-13-5-7-14(22-4)8-6-13/h5-9,12H,10H2,1-4H3,(H,17,18,20)/t12-/m1/s1. The molecule has 1 atom stereocenters. The molecule has 0 fully saturated rings. The normalized spacial score (nSPS) is 12.4. The zero-order valence-electron chi connectivity index (χ0n) is 13.3. The summed E-state index contributed by atoms with van der Waals surface area (Å²) >= 11 is 1.72. The van der Waals surface area contributed by atoms with Crippen LogP contribution in [0.15, 0.2) is 39.8 Å². The molecular weight excluding hydrogens is 298 g/mol. The van der Waals surface area contributed by atoms with Crippen LogP contribution in [0.2, 0.25) is 0 Å². The van der Waals surface area contributed by atoms with E-state index < -0.39 is 0 Å². The molecule has 118 valence electrons. The Morgan fingerprint density at radius 3 is 2.64 bits per heavy atom. The fraction of sp³-hybridized carbons (Fsp3) is 0.375. The lowest BCUT2D eigenvalue weighted by Gasteiger charge is -2.23. The van der Waals surface area contributed by atoms with Gasteiger partial charge in [0, 0.05) is 17.5 Å². The van der Waals surface area contributed by atoms with Gasteiger partial charge in [0.15, 0.2) is 5.82 Å². The van der Waals surface area contributed by atoms with E-state index in [4.69, 9.17) is 4.52 Å². The molecule has 1 aromatic carbocycles. The quantitative estimate of drug-likeness (QED) is 0.829. The molecule has 2 aromatic rings. The third-order valence-corrected chi connectivity index (χ3v) is 4.25. The Bertz CT molecular complexity index is 625. The number of nitrogens with zero attached hydrogens (tertiary/aromatic N) is 2. The topological polar surface area (TPSA) is 58.4 Å². The average molecular weight is 319 g/mol. The van der Waals surface area contributed by atoms with Gasteiger partial charge in [0.1, 0.15) is 5.76 Å². The molecule has 0 aliphatic carbocycles. The molecule has 0 spiro atoms. The van der Waals surface area contributed by atoms with E-state index in [0.29, 0.717) is 18.1 Å². The van der Waals surface area contributed by atoms with E-state index in [1.54, 1.807) is 24.8 Å². The van der Waals surface area contributed by atoms with Gasteiger partial charge >= 0.3 is 0 Å². The van der Waals surface area contributed by atoms with Crippen molar-refractivity contribution < 1.29 is 9.32 Å². The number of carbonyl (C=O) groups excluding carboxylic acids is 1. The van der Waals surface area contributed by atoms with Crippen LogP contribution in [0.1, 0.15) is 18.2 Å².